The molecule has 2 N–H and O–H groups in total. The molecule has 94 valence electrons. The van der Waals surface area contributed by atoms with Crippen LogP contribution in [0.2, 0.25) is 0 Å². The number of nitrogens with two attached hydrogens (primary N) is 1. The average molecular weight is 250 g/mol. The molecule has 2 rings (SSSR count). The number of rotatable bonds is 2. The van der Waals surface area contributed by atoms with Crippen molar-refractivity contribution >= 4 is 17.4 Å². The van der Waals surface area contributed by atoms with Gasteiger partial charge in [-0.2, -0.15) is 11.8 Å². The fourth-order valence-electron chi connectivity index (χ4n) is 2.25. The van der Waals surface area contributed by atoms with Gasteiger partial charge in [0.1, 0.15) is 0 Å². The normalized spacial score (nSPS) is 20.1. The SMILES string of the molecule is CC1(C)CCN(c2ccccc2CN)CCS1. The molecular weight excluding hydrogens is 228 g/mol. The zero-order chi connectivity index (χ0) is 12.3. The summed E-state index contributed by atoms with van der Waals surface area (Å²) in [6.07, 6.45) is 1.23. The highest BCUT2D eigenvalue weighted by atomic mass is 32.2. The fraction of sp³-hybridized carbons (Fsp3) is 0.571. The van der Waals surface area contributed by atoms with Crippen molar-refractivity contribution in [2.45, 2.75) is 31.6 Å². The molecular formula is C14H22N2S. The smallest absolute Gasteiger partial charge is 0.0412 e. The van der Waals surface area contributed by atoms with E-state index in [1.807, 2.05) is 0 Å². The minimum Gasteiger partial charge on any atom is -0.370 e. The van der Waals surface area contributed by atoms with E-state index >= 15 is 0 Å². The van der Waals surface area contributed by atoms with Crippen LogP contribution in [0.1, 0.15) is 25.8 Å². The van der Waals surface area contributed by atoms with Crippen LogP contribution in [0.25, 0.3) is 0 Å². The number of anilines is 1. The lowest BCUT2D eigenvalue weighted by atomic mass is 10.1. The molecule has 1 heterocycles. The number of hydrogen-bond acceptors (Lipinski definition) is 3. The molecule has 0 spiro atoms. The Morgan fingerprint density at radius 2 is 2.06 bits per heavy atom. The van der Waals surface area contributed by atoms with E-state index in [0.717, 1.165) is 13.1 Å². The fourth-order valence-corrected chi connectivity index (χ4v) is 3.35. The lowest BCUT2D eigenvalue weighted by molar-refractivity contribution is 0.637. The van der Waals surface area contributed by atoms with Gasteiger partial charge in [0.25, 0.3) is 0 Å². The molecule has 0 amide bonds. The molecule has 1 saturated heterocycles. The van der Waals surface area contributed by atoms with Gasteiger partial charge < -0.3 is 10.6 Å². The second-order valence-corrected chi connectivity index (χ2v) is 6.98. The zero-order valence-electron chi connectivity index (χ0n) is 10.8. The van der Waals surface area contributed by atoms with Crippen LogP contribution in [-0.4, -0.2) is 23.6 Å². The summed E-state index contributed by atoms with van der Waals surface area (Å²) in [6.45, 7) is 7.58. The maximum atomic E-state index is 5.82. The van der Waals surface area contributed by atoms with E-state index in [4.69, 9.17) is 5.73 Å². The molecule has 0 radical (unpaired) electrons. The van der Waals surface area contributed by atoms with E-state index in [-0.39, 0.29) is 0 Å². The molecule has 0 atom stereocenters. The van der Waals surface area contributed by atoms with E-state index in [9.17, 15) is 0 Å². The van der Waals surface area contributed by atoms with Crippen molar-refractivity contribution in [3.8, 4) is 0 Å². The van der Waals surface area contributed by atoms with Crippen molar-refractivity contribution in [2.24, 2.45) is 5.73 Å². The summed E-state index contributed by atoms with van der Waals surface area (Å²) in [6, 6.07) is 8.52. The monoisotopic (exact) mass is 250 g/mol. The first-order chi connectivity index (χ1) is 8.12. The highest BCUT2D eigenvalue weighted by Crippen LogP contribution is 2.33. The Morgan fingerprint density at radius 1 is 1.29 bits per heavy atom. The second-order valence-electron chi connectivity index (χ2n) is 5.18. The Kier molecular flexibility index (Phi) is 4.00. The van der Waals surface area contributed by atoms with E-state index < -0.39 is 0 Å². The molecule has 1 aliphatic rings. The molecule has 17 heavy (non-hydrogen) atoms. The summed E-state index contributed by atoms with van der Waals surface area (Å²) in [4.78, 5) is 2.49. The molecule has 1 aromatic rings. The molecule has 3 heteroatoms. The quantitative estimate of drug-likeness (QED) is 0.875. The van der Waals surface area contributed by atoms with Crippen LogP contribution in [0, 0.1) is 0 Å². The zero-order valence-corrected chi connectivity index (χ0v) is 11.6. The Bertz CT molecular complexity index is 376. The lowest BCUT2D eigenvalue weighted by Gasteiger charge is -2.26. The first kappa shape index (κ1) is 12.8. The summed E-state index contributed by atoms with van der Waals surface area (Å²) in [7, 11) is 0. The first-order valence-electron chi connectivity index (χ1n) is 6.29. The van der Waals surface area contributed by atoms with Crippen LogP contribution in [0.3, 0.4) is 0 Å². The topological polar surface area (TPSA) is 29.3 Å². The Balaban J connectivity index is 2.17. The standard InChI is InChI=1S/C14H22N2S/c1-14(2)7-8-16(9-10-17-14)13-6-4-3-5-12(13)11-15/h3-6H,7-11,15H2,1-2H3. The predicted octanol–water partition coefficient (Wildman–Crippen LogP) is 2.87. The van der Waals surface area contributed by atoms with E-state index in [0.29, 0.717) is 11.3 Å². The molecule has 0 saturated carbocycles. The third-order valence-electron chi connectivity index (χ3n) is 3.39. The van der Waals surface area contributed by atoms with Crippen LogP contribution < -0.4 is 10.6 Å². The molecule has 0 aliphatic carbocycles. The van der Waals surface area contributed by atoms with Crippen molar-refractivity contribution in [1.29, 1.82) is 0 Å². The molecule has 1 fully saturated rings. The first-order valence-corrected chi connectivity index (χ1v) is 7.28. The van der Waals surface area contributed by atoms with E-state index in [1.165, 1.54) is 23.4 Å². The highest BCUT2D eigenvalue weighted by molar-refractivity contribution is 8.00. The number of benzene rings is 1. The molecule has 0 bridgehead atoms. The maximum Gasteiger partial charge on any atom is 0.0412 e. The third kappa shape index (κ3) is 3.17. The van der Waals surface area contributed by atoms with Gasteiger partial charge in [-0.25, -0.2) is 0 Å². The van der Waals surface area contributed by atoms with Gasteiger partial charge >= 0.3 is 0 Å². The maximum absolute atomic E-state index is 5.82. The van der Waals surface area contributed by atoms with E-state index in [1.54, 1.807) is 0 Å². The van der Waals surface area contributed by atoms with Gasteiger partial charge in [0.15, 0.2) is 0 Å². The van der Waals surface area contributed by atoms with Gasteiger partial charge in [-0.15, -0.1) is 0 Å². The van der Waals surface area contributed by atoms with Crippen LogP contribution in [0.4, 0.5) is 5.69 Å². The predicted molar refractivity (Wildman–Crippen MR) is 77.7 cm³/mol. The van der Waals surface area contributed by atoms with Crippen LogP contribution in [0.15, 0.2) is 24.3 Å². The molecule has 1 aromatic carbocycles. The van der Waals surface area contributed by atoms with Gasteiger partial charge in [-0.1, -0.05) is 32.0 Å². The number of para-hydroxylation sites is 1. The Labute approximate surface area is 109 Å². The minimum atomic E-state index is 0.409. The summed E-state index contributed by atoms with van der Waals surface area (Å²) in [5, 5.41) is 0. The van der Waals surface area contributed by atoms with Crippen molar-refractivity contribution in [3.05, 3.63) is 29.8 Å². The van der Waals surface area contributed by atoms with Gasteiger partial charge in [0.2, 0.25) is 0 Å². The lowest BCUT2D eigenvalue weighted by Crippen LogP contribution is -2.28. The van der Waals surface area contributed by atoms with Crippen LogP contribution >= 0.6 is 11.8 Å². The van der Waals surface area contributed by atoms with Crippen molar-refractivity contribution in [1.82, 2.24) is 0 Å². The van der Waals surface area contributed by atoms with Gasteiger partial charge in [-0.05, 0) is 18.1 Å². The van der Waals surface area contributed by atoms with Gasteiger partial charge in [-0.3, -0.25) is 0 Å². The van der Waals surface area contributed by atoms with Gasteiger partial charge in [0.05, 0.1) is 0 Å². The van der Waals surface area contributed by atoms with Crippen LogP contribution in [0.5, 0.6) is 0 Å². The van der Waals surface area contributed by atoms with Crippen molar-refractivity contribution < 1.29 is 0 Å². The summed E-state index contributed by atoms with van der Waals surface area (Å²) in [5.74, 6) is 1.20. The summed E-state index contributed by atoms with van der Waals surface area (Å²) >= 11 is 2.08. The third-order valence-corrected chi connectivity index (χ3v) is 4.76. The Hall–Kier alpha value is -0.670. The number of nitrogens with zero attached hydrogens (tertiary/aromatic N) is 1. The second kappa shape index (κ2) is 5.32. The largest absolute Gasteiger partial charge is 0.370 e. The number of thioether (sulfide) groups is 1. The van der Waals surface area contributed by atoms with E-state index in [2.05, 4.69) is 54.8 Å². The molecule has 1 aliphatic heterocycles. The van der Waals surface area contributed by atoms with Crippen molar-refractivity contribution in [3.63, 3.8) is 0 Å². The number of hydrogen-bond donors (Lipinski definition) is 1. The minimum absolute atomic E-state index is 0.409. The molecule has 0 aromatic heterocycles. The van der Waals surface area contributed by atoms with Crippen molar-refractivity contribution in [2.75, 3.05) is 23.7 Å². The molecule has 2 nitrogen and oxygen atoms in total. The van der Waals surface area contributed by atoms with Crippen LogP contribution in [-0.2, 0) is 6.54 Å². The highest BCUT2D eigenvalue weighted by Gasteiger charge is 2.24. The summed E-state index contributed by atoms with van der Waals surface area (Å²) in [5.41, 5.74) is 8.41. The molecule has 0 unspecified atom stereocenters. The van der Waals surface area contributed by atoms with Gasteiger partial charge in [0, 0.05) is 35.8 Å². The summed E-state index contributed by atoms with van der Waals surface area (Å²) < 4.78 is 0.409. The average Bonchev–Trinajstić information content (AvgIpc) is 2.50. The Morgan fingerprint density at radius 3 is 2.82 bits per heavy atom.